The molecule has 1 aliphatic heterocycles. The van der Waals surface area contributed by atoms with Crippen LogP contribution in [0.1, 0.15) is 20.9 Å². The van der Waals surface area contributed by atoms with Crippen LogP contribution < -0.4 is 10.2 Å². The van der Waals surface area contributed by atoms with E-state index in [-0.39, 0.29) is 11.6 Å². The molecule has 2 aromatic carbocycles. The van der Waals surface area contributed by atoms with Gasteiger partial charge in [0.15, 0.2) is 5.13 Å². The van der Waals surface area contributed by atoms with Crippen LogP contribution in [0.5, 0.6) is 0 Å². The fraction of sp³-hybridized carbons (Fsp3) is 0.150. The number of aromatic nitrogens is 1. The fourth-order valence-electron chi connectivity index (χ4n) is 2.96. The van der Waals surface area contributed by atoms with Crippen LogP contribution >= 0.6 is 11.3 Å². The van der Waals surface area contributed by atoms with Crippen LogP contribution in [0.25, 0.3) is 0 Å². The summed E-state index contributed by atoms with van der Waals surface area (Å²) >= 11 is 1.22. The molecule has 6 nitrogen and oxygen atoms in total. The normalized spacial score (nSPS) is 12.8. The van der Waals surface area contributed by atoms with Gasteiger partial charge in [-0.1, -0.05) is 41.7 Å². The third-order valence-electron chi connectivity index (χ3n) is 4.49. The summed E-state index contributed by atoms with van der Waals surface area (Å²) < 4.78 is 27.0. The number of hydrogen-bond acceptors (Lipinski definition) is 4. The van der Waals surface area contributed by atoms with Gasteiger partial charge in [-0.25, -0.2) is 18.6 Å². The van der Waals surface area contributed by atoms with Gasteiger partial charge in [-0.3, -0.25) is 9.69 Å². The molecule has 0 saturated heterocycles. The number of thiazole rings is 1. The van der Waals surface area contributed by atoms with Crippen LogP contribution in [0.4, 0.5) is 24.4 Å². The number of fused-ring (bicyclic) bond motifs is 1. The zero-order chi connectivity index (χ0) is 20.5. The number of nitrogens with zero attached hydrogens (tertiary/aromatic N) is 3. The molecule has 2 heterocycles. The van der Waals surface area contributed by atoms with Crippen LogP contribution in [-0.4, -0.2) is 28.9 Å². The van der Waals surface area contributed by atoms with E-state index in [0.717, 1.165) is 28.6 Å². The fourth-order valence-corrected chi connectivity index (χ4v) is 3.99. The molecular formula is C20H16F2N4O2S. The van der Waals surface area contributed by atoms with Gasteiger partial charge in [0.2, 0.25) is 0 Å². The summed E-state index contributed by atoms with van der Waals surface area (Å²) in [4.78, 5) is 32.9. The van der Waals surface area contributed by atoms with Gasteiger partial charge in [0, 0.05) is 19.7 Å². The summed E-state index contributed by atoms with van der Waals surface area (Å²) in [6.45, 7) is 0.891. The number of urea groups is 1. The van der Waals surface area contributed by atoms with Gasteiger partial charge in [-0.15, -0.1) is 0 Å². The Morgan fingerprint density at radius 2 is 2.00 bits per heavy atom. The molecule has 0 fully saturated rings. The maximum Gasteiger partial charge on any atom is 0.327 e. The van der Waals surface area contributed by atoms with Crippen molar-refractivity contribution in [1.29, 1.82) is 0 Å². The van der Waals surface area contributed by atoms with E-state index in [9.17, 15) is 18.4 Å². The number of nitrogens with one attached hydrogen (secondary N) is 1. The van der Waals surface area contributed by atoms with Gasteiger partial charge >= 0.3 is 6.03 Å². The highest BCUT2D eigenvalue weighted by atomic mass is 32.1. The predicted octanol–water partition coefficient (Wildman–Crippen LogP) is 4.25. The van der Waals surface area contributed by atoms with E-state index in [1.165, 1.54) is 23.3 Å². The van der Waals surface area contributed by atoms with E-state index in [1.54, 1.807) is 4.90 Å². The maximum absolute atomic E-state index is 13.7. The Balaban J connectivity index is 1.46. The molecule has 3 aromatic rings. The molecule has 29 heavy (non-hydrogen) atoms. The van der Waals surface area contributed by atoms with Crippen LogP contribution in [-0.2, 0) is 13.1 Å². The van der Waals surface area contributed by atoms with Crippen molar-refractivity contribution >= 4 is 34.1 Å². The first-order chi connectivity index (χ1) is 13.9. The highest BCUT2D eigenvalue weighted by molar-refractivity contribution is 7.16. The molecule has 0 radical (unpaired) electrons. The predicted molar refractivity (Wildman–Crippen MR) is 106 cm³/mol. The Kier molecular flexibility index (Phi) is 4.98. The molecule has 1 N–H and O–H groups in total. The Labute approximate surface area is 169 Å². The first-order valence-electron chi connectivity index (χ1n) is 8.75. The quantitative estimate of drug-likeness (QED) is 0.694. The van der Waals surface area contributed by atoms with Crippen molar-refractivity contribution in [2.75, 3.05) is 17.3 Å². The number of halogens is 2. The summed E-state index contributed by atoms with van der Waals surface area (Å²) in [7, 11) is 1.45. The molecule has 0 bridgehead atoms. The van der Waals surface area contributed by atoms with E-state index < -0.39 is 17.7 Å². The molecule has 0 saturated carbocycles. The van der Waals surface area contributed by atoms with Gasteiger partial charge in [-0.2, -0.15) is 0 Å². The van der Waals surface area contributed by atoms with Crippen LogP contribution in [0, 0.1) is 11.6 Å². The van der Waals surface area contributed by atoms with E-state index in [4.69, 9.17) is 0 Å². The third kappa shape index (κ3) is 3.81. The lowest BCUT2D eigenvalue weighted by Gasteiger charge is -2.17. The second-order valence-electron chi connectivity index (χ2n) is 6.53. The number of amides is 3. The minimum Gasteiger partial charge on any atom is -0.328 e. The van der Waals surface area contributed by atoms with Gasteiger partial charge in [0.1, 0.15) is 17.3 Å². The molecule has 148 valence electrons. The highest BCUT2D eigenvalue weighted by Gasteiger charge is 2.33. The number of benzene rings is 2. The topological polar surface area (TPSA) is 65.5 Å². The van der Waals surface area contributed by atoms with E-state index >= 15 is 0 Å². The summed E-state index contributed by atoms with van der Waals surface area (Å²) in [6, 6.07) is 11.7. The Bertz CT molecular complexity index is 1090. The average Bonchev–Trinajstić information content (AvgIpc) is 3.24. The van der Waals surface area contributed by atoms with Crippen molar-refractivity contribution in [3.8, 4) is 0 Å². The molecule has 0 aliphatic carbocycles. The summed E-state index contributed by atoms with van der Waals surface area (Å²) in [6.07, 6.45) is 0. The Morgan fingerprint density at radius 1 is 1.24 bits per heavy atom. The van der Waals surface area contributed by atoms with E-state index in [1.807, 2.05) is 30.3 Å². The monoisotopic (exact) mass is 414 g/mol. The minimum atomic E-state index is -0.749. The standard InChI is InChI=1S/C20H16F2N4O2S/c1-25(19(28)23-15-9-13(21)7-8-14(15)22)20-24-17-16(29-20)11-26(18(17)27)10-12-5-3-2-4-6-12/h2-9H,10-11H2,1H3,(H,23,28). The third-order valence-corrected chi connectivity index (χ3v) is 5.60. The SMILES string of the molecule is CN(C(=O)Nc1cc(F)ccc1F)c1nc2c(s1)CN(Cc1ccccc1)C2=O. The number of rotatable bonds is 4. The molecular weight excluding hydrogens is 398 g/mol. The second-order valence-corrected chi connectivity index (χ2v) is 7.59. The molecule has 0 atom stereocenters. The van der Waals surface area contributed by atoms with E-state index in [2.05, 4.69) is 10.3 Å². The average molecular weight is 414 g/mol. The second kappa shape index (κ2) is 7.59. The number of carbonyl (C=O) groups excluding carboxylic acids is 2. The number of carbonyl (C=O) groups is 2. The van der Waals surface area contributed by atoms with Gasteiger partial charge < -0.3 is 10.2 Å². The summed E-state index contributed by atoms with van der Waals surface area (Å²) in [5.41, 5.74) is 1.07. The van der Waals surface area contributed by atoms with Crippen molar-refractivity contribution in [3.63, 3.8) is 0 Å². The minimum absolute atomic E-state index is 0.198. The van der Waals surface area contributed by atoms with Crippen LogP contribution in [0.15, 0.2) is 48.5 Å². The van der Waals surface area contributed by atoms with Gasteiger partial charge in [-0.05, 0) is 17.7 Å². The van der Waals surface area contributed by atoms with Crippen molar-refractivity contribution in [3.05, 3.63) is 76.3 Å². The first kappa shape index (κ1) is 19.0. The van der Waals surface area contributed by atoms with Crippen LogP contribution in [0.3, 0.4) is 0 Å². The number of hydrogen-bond donors (Lipinski definition) is 1. The lowest BCUT2D eigenvalue weighted by atomic mass is 10.2. The lowest BCUT2D eigenvalue weighted by Crippen LogP contribution is -2.31. The molecule has 0 spiro atoms. The smallest absolute Gasteiger partial charge is 0.327 e. The van der Waals surface area contributed by atoms with Crippen molar-refractivity contribution in [1.82, 2.24) is 9.88 Å². The zero-order valence-electron chi connectivity index (χ0n) is 15.4. The summed E-state index contributed by atoms with van der Waals surface area (Å²) in [5.74, 6) is -1.61. The van der Waals surface area contributed by atoms with E-state index in [0.29, 0.717) is 23.9 Å². The van der Waals surface area contributed by atoms with Gasteiger partial charge in [0.25, 0.3) is 5.91 Å². The zero-order valence-corrected chi connectivity index (χ0v) is 16.2. The van der Waals surface area contributed by atoms with Crippen molar-refractivity contribution < 1.29 is 18.4 Å². The molecule has 1 aromatic heterocycles. The van der Waals surface area contributed by atoms with Crippen LogP contribution in [0.2, 0.25) is 0 Å². The molecule has 1 aliphatic rings. The Hall–Kier alpha value is -3.33. The molecule has 4 rings (SSSR count). The lowest BCUT2D eigenvalue weighted by molar-refractivity contribution is 0.0762. The Morgan fingerprint density at radius 3 is 2.72 bits per heavy atom. The number of anilines is 2. The summed E-state index contributed by atoms with van der Waals surface area (Å²) in [5, 5.41) is 2.61. The first-order valence-corrected chi connectivity index (χ1v) is 9.56. The largest absolute Gasteiger partial charge is 0.328 e. The van der Waals surface area contributed by atoms with Crippen molar-refractivity contribution in [2.45, 2.75) is 13.1 Å². The maximum atomic E-state index is 13.7. The molecule has 3 amide bonds. The van der Waals surface area contributed by atoms with Gasteiger partial charge in [0.05, 0.1) is 17.1 Å². The molecule has 9 heteroatoms. The molecule has 0 unspecified atom stereocenters. The van der Waals surface area contributed by atoms with Crippen molar-refractivity contribution in [2.24, 2.45) is 0 Å². The highest BCUT2D eigenvalue weighted by Crippen LogP contribution is 2.33.